The van der Waals surface area contributed by atoms with Gasteiger partial charge in [0.15, 0.2) is 0 Å². The molecular formula is C15H15N3O3S3. The predicted molar refractivity (Wildman–Crippen MR) is 92.7 cm³/mol. The average Bonchev–Trinajstić information content (AvgIpc) is 2.97. The molecule has 0 saturated heterocycles. The first-order valence-corrected chi connectivity index (χ1v) is 10.7. The zero-order valence-electron chi connectivity index (χ0n) is 12.9. The quantitative estimate of drug-likeness (QED) is 0.706. The summed E-state index contributed by atoms with van der Waals surface area (Å²) in [5.74, 6) is 1.49. The molecule has 4 rings (SSSR count). The standard InChI is InChI=1S/C15H15N3O3S3/c1-9-13(24(19,20)16-8-11-3-2-6-22-11)7-12(23-9)14-17-15(21-18-14)10-4-5-10/h2-3,6-7,10,16H,4-5,8H2,1H3. The third kappa shape index (κ3) is 3.16. The summed E-state index contributed by atoms with van der Waals surface area (Å²) in [5, 5.41) is 5.90. The molecule has 1 fully saturated rings. The maximum Gasteiger partial charge on any atom is 0.242 e. The van der Waals surface area contributed by atoms with E-state index in [0.717, 1.165) is 17.7 Å². The van der Waals surface area contributed by atoms with E-state index in [-0.39, 0.29) is 4.90 Å². The first kappa shape index (κ1) is 15.9. The summed E-state index contributed by atoms with van der Waals surface area (Å²) >= 11 is 2.88. The van der Waals surface area contributed by atoms with E-state index >= 15 is 0 Å². The summed E-state index contributed by atoms with van der Waals surface area (Å²) in [6, 6.07) is 5.42. The van der Waals surface area contributed by atoms with E-state index in [1.807, 2.05) is 17.5 Å². The molecule has 0 amide bonds. The Bertz CT molecular complexity index is 953. The van der Waals surface area contributed by atoms with Crippen molar-refractivity contribution in [2.45, 2.75) is 37.1 Å². The number of hydrogen-bond acceptors (Lipinski definition) is 7. The van der Waals surface area contributed by atoms with E-state index in [9.17, 15) is 8.42 Å². The van der Waals surface area contributed by atoms with E-state index in [0.29, 0.717) is 33.9 Å². The maximum absolute atomic E-state index is 12.6. The minimum atomic E-state index is -3.57. The van der Waals surface area contributed by atoms with Crippen LogP contribution >= 0.6 is 22.7 Å². The van der Waals surface area contributed by atoms with E-state index in [2.05, 4.69) is 14.9 Å². The van der Waals surface area contributed by atoms with E-state index in [1.165, 1.54) is 22.7 Å². The monoisotopic (exact) mass is 381 g/mol. The molecule has 0 radical (unpaired) electrons. The van der Waals surface area contributed by atoms with Crippen LogP contribution in [0, 0.1) is 6.92 Å². The lowest BCUT2D eigenvalue weighted by Gasteiger charge is -2.04. The fourth-order valence-corrected chi connectivity index (χ4v) is 5.59. The van der Waals surface area contributed by atoms with Gasteiger partial charge in [-0.3, -0.25) is 0 Å². The third-order valence-corrected chi connectivity index (χ3v) is 7.35. The summed E-state index contributed by atoms with van der Waals surface area (Å²) in [7, 11) is -3.57. The number of thiophene rings is 2. The summed E-state index contributed by atoms with van der Waals surface area (Å²) < 4.78 is 33.0. The normalized spacial score (nSPS) is 15.0. The molecule has 126 valence electrons. The first-order chi connectivity index (χ1) is 11.5. The lowest BCUT2D eigenvalue weighted by Crippen LogP contribution is -2.22. The van der Waals surface area contributed by atoms with Crippen molar-refractivity contribution >= 4 is 32.7 Å². The summed E-state index contributed by atoms with van der Waals surface area (Å²) in [4.78, 5) is 7.05. The van der Waals surface area contributed by atoms with Crippen LogP contribution in [0.5, 0.6) is 0 Å². The van der Waals surface area contributed by atoms with Crippen LogP contribution < -0.4 is 4.72 Å². The number of sulfonamides is 1. The van der Waals surface area contributed by atoms with Crippen LogP contribution in [0.3, 0.4) is 0 Å². The van der Waals surface area contributed by atoms with Gasteiger partial charge in [-0.25, -0.2) is 13.1 Å². The van der Waals surface area contributed by atoms with Crippen LogP contribution in [0.25, 0.3) is 10.7 Å². The first-order valence-electron chi connectivity index (χ1n) is 7.49. The van der Waals surface area contributed by atoms with E-state index in [4.69, 9.17) is 4.52 Å². The van der Waals surface area contributed by atoms with Gasteiger partial charge in [0.25, 0.3) is 0 Å². The topological polar surface area (TPSA) is 85.1 Å². The molecule has 3 aromatic heterocycles. The molecule has 9 heteroatoms. The van der Waals surface area contributed by atoms with Crippen molar-refractivity contribution in [1.29, 1.82) is 0 Å². The van der Waals surface area contributed by atoms with Crippen LogP contribution in [0.4, 0.5) is 0 Å². The van der Waals surface area contributed by atoms with Gasteiger partial charge in [-0.05, 0) is 37.3 Å². The zero-order chi connectivity index (χ0) is 16.7. The van der Waals surface area contributed by atoms with Gasteiger partial charge >= 0.3 is 0 Å². The van der Waals surface area contributed by atoms with Gasteiger partial charge < -0.3 is 4.52 Å². The van der Waals surface area contributed by atoms with Crippen molar-refractivity contribution in [3.8, 4) is 10.7 Å². The Morgan fingerprint density at radius 2 is 2.25 bits per heavy atom. The molecule has 0 spiro atoms. The van der Waals surface area contributed by atoms with Crippen LogP contribution in [0.15, 0.2) is 33.0 Å². The van der Waals surface area contributed by atoms with Gasteiger partial charge in [0.1, 0.15) is 0 Å². The molecule has 1 N–H and O–H groups in total. The highest BCUT2D eigenvalue weighted by Crippen LogP contribution is 2.40. The molecule has 0 unspecified atom stereocenters. The number of hydrogen-bond donors (Lipinski definition) is 1. The van der Waals surface area contributed by atoms with Gasteiger partial charge in [-0.1, -0.05) is 11.2 Å². The highest BCUT2D eigenvalue weighted by molar-refractivity contribution is 7.89. The zero-order valence-corrected chi connectivity index (χ0v) is 15.3. The van der Waals surface area contributed by atoms with Gasteiger partial charge in [0.2, 0.25) is 21.7 Å². The predicted octanol–water partition coefficient (Wildman–Crippen LogP) is 3.52. The number of nitrogens with zero attached hydrogens (tertiary/aromatic N) is 2. The molecule has 3 aromatic rings. The summed E-state index contributed by atoms with van der Waals surface area (Å²) in [6.45, 7) is 2.08. The highest BCUT2D eigenvalue weighted by Gasteiger charge is 2.30. The fourth-order valence-electron chi connectivity index (χ4n) is 2.33. The number of rotatable bonds is 6. The summed E-state index contributed by atoms with van der Waals surface area (Å²) in [6.07, 6.45) is 2.16. The van der Waals surface area contributed by atoms with Gasteiger partial charge in [0.05, 0.1) is 9.77 Å². The van der Waals surface area contributed by atoms with Crippen LogP contribution in [-0.2, 0) is 16.6 Å². The van der Waals surface area contributed by atoms with Crippen molar-refractivity contribution in [2.75, 3.05) is 0 Å². The molecule has 0 bridgehead atoms. The minimum Gasteiger partial charge on any atom is -0.339 e. The Balaban J connectivity index is 1.57. The van der Waals surface area contributed by atoms with Crippen LogP contribution in [0.2, 0.25) is 0 Å². The molecular weight excluding hydrogens is 366 g/mol. The third-order valence-electron chi connectivity index (χ3n) is 3.77. The molecule has 1 aliphatic carbocycles. The molecule has 6 nitrogen and oxygen atoms in total. The highest BCUT2D eigenvalue weighted by atomic mass is 32.2. The van der Waals surface area contributed by atoms with Gasteiger partial charge in [-0.15, -0.1) is 22.7 Å². The molecule has 0 aromatic carbocycles. The van der Waals surface area contributed by atoms with Gasteiger partial charge in [0, 0.05) is 22.2 Å². The molecule has 24 heavy (non-hydrogen) atoms. The molecule has 1 aliphatic rings. The number of aromatic nitrogens is 2. The largest absolute Gasteiger partial charge is 0.339 e. The number of aryl methyl sites for hydroxylation is 1. The lowest BCUT2D eigenvalue weighted by atomic mass is 10.4. The second-order valence-corrected chi connectivity index (χ2v) is 9.69. The Labute approximate surface area is 147 Å². The van der Waals surface area contributed by atoms with Crippen molar-refractivity contribution in [2.24, 2.45) is 0 Å². The lowest BCUT2D eigenvalue weighted by molar-refractivity contribution is 0.380. The Morgan fingerprint density at radius 3 is 2.96 bits per heavy atom. The maximum atomic E-state index is 12.6. The van der Waals surface area contributed by atoms with E-state index in [1.54, 1.807) is 13.0 Å². The second-order valence-electron chi connectivity index (χ2n) is 5.67. The minimum absolute atomic E-state index is 0.275. The summed E-state index contributed by atoms with van der Waals surface area (Å²) in [5.41, 5.74) is 0. The van der Waals surface area contributed by atoms with Gasteiger partial charge in [-0.2, -0.15) is 4.98 Å². The Hall–Kier alpha value is -1.55. The average molecular weight is 382 g/mol. The van der Waals surface area contributed by atoms with Crippen LogP contribution in [-0.4, -0.2) is 18.6 Å². The molecule has 0 aliphatic heterocycles. The Kier molecular flexibility index (Phi) is 4.03. The SMILES string of the molecule is Cc1sc(-c2noc(C3CC3)n2)cc1S(=O)(=O)NCc1cccs1. The van der Waals surface area contributed by atoms with Crippen molar-refractivity contribution in [3.63, 3.8) is 0 Å². The fraction of sp³-hybridized carbons (Fsp3) is 0.333. The molecule has 1 saturated carbocycles. The smallest absolute Gasteiger partial charge is 0.242 e. The molecule has 3 heterocycles. The van der Waals surface area contributed by atoms with Crippen molar-refractivity contribution in [1.82, 2.24) is 14.9 Å². The number of nitrogens with one attached hydrogen (secondary N) is 1. The van der Waals surface area contributed by atoms with Crippen molar-refractivity contribution in [3.05, 3.63) is 39.2 Å². The second kappa shape index (κ2) is 6.07. The Morgan fingerprint density at radius 1 is 1.42 bits per heavy atom. The van der Waals surface area contributed by atoms with Crippen molar-refractivity contribution < 1.29 is 12.9 Å². The molecule has 0 atom stereocenters. The van der Waals surface area contributed by atoms with Crippen LogP contribution in [0.1, 0.15) is 34.4 Å². The van der Waals surface area contributed by atoms with E-state index < -0.39 is 10.0 Å².